The molecular weight excluding hydrogens is 422 g/mol. The van der Waals surface area contributed by atoms with Crippen molar-refractivity contribution in [2.45, 2.75) is 24.3 Å². The highest BCUT2D eigenvalue weighted by Gasteiger charge is 2.36. The molecule has 0 bridgehead atoms. The van der Waals surface area contributed by atoms with E-state index in [0.717, 1.165) is 11.5 Å². The summed E-state index contributed by atoms with van der Waals surface area (Å²) in [6, 6.07) is 7.96. The first-order chi connectivity index (χ1) is 13.2. The molecule has 0 aliphatic carbocycles. The van der Waals surface area contributed by atoms with Crippen LogP contribution in [0.3, 0.4) is 0 Å². The molecule has 0 N–H and O–H groups in total. The average Bonchev–Trinajstić information content (AvgIpc) is 2.98. The lowest BCUT2D eigenvalue weighted by atomic mass is 10.1. The molecular formula is C18H18ClN3O4S2. The number of sulfonamides is 1. The fraction of sp³-hybridized carbons (Fsp3) is 0.333. The van der Waals surface area contributed by atoms with Crippen molar-refractivity contribution < 1.29 is 13.2 Å². The van der Waals surface area contributed by atoms with E-state index in [1.807, 2.05) is 13.8 Å². The van der Waals surface area contributed by atoms with Gasteiger partial charge in [-0.1, -0.05) is 11.6 Å². The van der Waals surface area contributed by atoms with E-state index in [-0.39, 0.29) is 28.6 Å². The fourth-order valence-electron chi connectivity index (χ4n) is 3.17. The normalized spacial score (nSPS) is 17.8. The van der Waals surface area contributed by atoms with Gasteiger partial charge in [-0.15, -0.1) is 0 Å². The maximum Gasteiger partial charge on any atom is 0.274 e. The summed E-state index contributed by atoms with van der Waals surface area (Å²) in [5.41, 5.74) is -0.390. The lowest BCUT2D eigenvalue weighted by Crippen LogP contribution is -2.50. The van der Waals surface area contributed by atoms with Gasteiger partial charge in [-0.25, -0.2) is 17.4 Å². The third kappa shape index (κ3) is 3.37. The number of nitrogens with zero attached hydrogens (tertiary/aromatic N) is 3. The van der Waals surface area contributed by atoms with Gasteiger partial charge in [-0.2, -0.15) is 4.31 Å². The highest BCUT2D eigenvalue weighted by atomic mass is 35.5. The predicted octanol–water partition coefficient (Wildman–Crippen LogP) is 2.90. The fourth-order valence-corrected chi connectivity index (χ4v) is 6.17. The Morgan fingerprint density at radius 3 is 2.79 bits per heavy atom. The molecule has 0 unspecified atom stereocenters. The van der Waals surface area contributed by atoms with Crippen LogP contribution in [0.25, 0.3) is 15.9 Å². The molecule has 1 aliphatic rings. The van der Waals surface area contributed by atoms with E-state index in [0.29, 0.717) is 22.5 Å². The van der Waals surface area contributed by atoms with Crippen molar-refractivity contribution in [3.05, 3.63) is 51.9 Å². The summed E-state index contributed by atoms with van der Waals surface area (Å²) < 4.78 is 34.9. The van der Waals surface area contributed by atoms with Gasteiger partial charge in [0.2, 0.25) is 10.0 Å². The minimum absolute atomic E-state index is 0.0262. The van der Waals surface area contributed by atoms with E-state index in [9.17, 15) is 13.2 Å². The van der Waals surface area contributed by atoms with Gasteiger partial charge in [0.25, 0.3) is 5.56 Å². The Balaban J connectivity index is 1.81. The van der Waals surface area contributed by atoms with Crippen molar-refractivity contribution in [2.75, 3.05) is 19.7 Å². The molecule has 1 fully saturated rings. The second-order valence-electron chi connectivity index (χ2n) is 7.11. The van der Waals surface area contributed by atoms with Crippen LogP contribution < -0.4 is 5.56 Å². The van der Waals surface area contributed by atoms with Crippen LogP contribution >= 0.6 is 23.1 Å². The SMILES string of the molecule is CC1(C)CN(S(=O)(=O)c2cc(-n3sc4ncccc4c3=O)ccc2Cl)CCO1. The van der Waals surface area contributed by atoms with Gasteiger partial charge >= 0.3 is 0 Å². The van der Waals surface area contributed by atoms with Crippen molar-refractivity contribution in [1.29, 1.82) is 0 Å². The summed E-state index contributed by atoms with van der Waals surface area (Å²) in [7, 11) is -3.84. The first-order valence-corrected chi connectivity index (χ1v) is 11.2. The van der Waals surface area contributed by atoms with Crippen molar-refractivity contribution in [1.82, 2.24) is 13.2 Å². The smallest absolute Gasteiger partial charge is 0.274 e. The number of morpholine rings is 1. The number of hydrogen-bond acceptors (Lipinski definition) is 6. The third-order valence-electron chi connectivity index (χ3n) is 4.52. The van der Waals surface area contributed by atoms with Crippen LogP contribution in [0, 0.1) is 0 Å². The van der Waals surface area contributed by atoms with Gasteiger partial charge in [0.05, 0.1) is 28.3 Å². The molecule has 1 aromatic carbocycles. The number of pyridine rings is 1. The quantitative estimate of drug-likeness (QED) is 0.626. The minimum atomic E-state index is -3.84. The van der Waals surface area contributed by atoms with Crippen LogP contribution in [0.4, 0.5) is 0 Å². The van der Waals surface area contributed by atoms with Gasteiger partial charge in [0, 0.05) is 19.3 Å². The Bertz CT molecular complexity index is 1220. The Hall–Kier alpha value is -1.78. The van der Waals surface area contributed by atoms with Crippen molar-refractivity contribution in [2.24, 2.45) is 0 Å². The number of aromatic nitrogens is 2. The molecule has 7 nitrogen and oxygen atoms in total. The second-order valence-corrected chi connectivity index (χ2v) is 10.4. The lowest BCUT2D eigenvalue weighted by molar-refractivity contribution is -0.0640. The monoisotopic (exact) mass is 439 g/mol. The molecule has 1 aliphatic heterocycles. The summed E-state index contributed by atoms with van der Waals surface area (Å²) in [6.45, 7) is 4.47. The average molecular weight is 440 g/mol. The summed E-state index contributed by atoms with van der Waals surface area (Å²) >= 11 is 7.40. The molecule has 0 amide bonds. The molecule has 2 aromatic heterocycles. The molecule has 10 heteroatoms. The Kier molecular flexibility index (Phi) is 4.83. The number of halogens is 1. The number of benzene rings is 1. The maximum atomic E-state index is 13.2. The summed E-state index contributed by atoms with van der Waals surface area (Å²) in [4.78, 5) is 17.4. The van der Waals surface area contributed by atoms with Gasteiger partial charge < -0.3 is 4.74 Å². The number of fused-ring (bicyclic) bond motifs is 1. The maximum absolute atomic E-state index is 13.2. The molecule has 0 saturated carbocycles. The summed E-state index contributed by atoms with van der Waals surface area (Å²) in [5.74, 6) is 0. The Morgan fingerprint density at radius 2 is 2.07 bits per heavy atom. The van der Waals surface area contributed by atoms with E-state index in [4.69, 9.17) is 16.3 Å². The zero-order valence-electron chi connectivity index (χ0n) is 15.3. The van der Waals surface area contributed by atoms with E-state index < -0.39 is 15.6 Å². The molecule has 3 heterocycles. The molecule has 28 heavy (non-hydrogen) atoms. The number of ether oxygens (including phenoxy) is 1. The number of hydrogen-bond donors (Lipinski definition) is 0. The zero-order chi connectivity index (χ0) is 20.1. The Labute approximate surface area is 171 Å². The zero-order valence-corrected chi connectivity index (χ0v) is 17.6. The minimum Gasteiger partial charge on any atom is -0.373 e. The number of rotatable bonds is 3. The van der Waals surface area contributed by atoms with E-state index in [2.05, 4.69) is 4.98 Å². The Morgan fingerprint density at radius 1 is 1.29 bits per heavy atom. The predicted molar refractivity (Wildman–Crippen MR) is 109 cm³/mol. The highest BCUT2D eigenvalue weighted by molar-refractivity contribution is 7.89. The van der Waals surface area contributed by atoms with Crippen LogP contribution in [0.1, 0.15) is 13.8 Å². The van der Waals surface area contributed by atoms with Gasteiger partial charge in [0.1, 0.15) is 9.73 Å². The molecule has 3 aromatic rings. The van der Waals surface area contributed by atoms with E-state index in [1.165, 1.54) is 20.4 Å². The molecule has 0 radical (unpaired) electrons. The third-order valence-corrected chi connectivity index (χ3v) is 7.91. The van der Waals surface area contributed by atoms with Gasteiger partial charge in [0.15, 0.2) is 0 Å². The molecule has 0 spiro atoms. The topological polar surface area (TPSA) is 81.5 Å². The van der Waals surface area contributed by atoms with Crippen molar-refractivity contribution in [3.8, 4) is 5.69 Å². The van der Waals surface area contributed by atoms with E-state index in [1.54, 1.807) is 24.4 Å². The summed E-state index contributed by atoms with van der Waals surface area (Å²) in [5, 5.41) is 0.599. The molecule has 148 valence electrons. The van der Waals surface area contributed by atoms with Crippen LogP contribution in [-0.4, -0.2) is 47.0 Å². The van der Waals surface area contributed by atoms with Crippen LogP contribution in [0.2, 0.25) is 5.02 Å². The van der Waals surface area contributed by atoms with Crippen molar-refractivity contribution >= 4 is 43.4 Å². The molecule has 4 rings (SSSR count). The summed E-state index contributed by atoms with van der Waals surface area (Å²) in [6.07, 6.45) is 1.61. The van der Waals surface area contributed by atoms with E-state index >= 15 is 0 Å². The van der Waals surface area contributed by atoms with Crippen LogP contribution in [-0.2, 0) is 14.8 Å². The first kappa shape index (κ1) is 19.5. The standard InChI is InChI=1S/C18H18ClN3O4S2/c1-18(2)11-21(8-9-26-18)28(24,25)15-10-12(5-6-14(15)19)22-17(23)13-4-3-7-20-16(13)27-22/h3-7,10H,8-9,11H2,1-2H3. The molecule has 1 saturated heterocycles. The van der Waals surface area contributed by atoms with Crippen molar-refractivity contribution in [3.63, 3.8) is 0 Å². The van der Waals surface area contributed by atoms with Crippen LogP contribution in [0.15, 0.2) is 46.2 Å². The lowest BCUT2D eigenvalue weighted by Gasteiger charge is -2.37. The highest BCUT2D eigenvalue weighted by Crippen LogP contribution is 2.30. The first-order valence-electron chi connectivity index (χ1n) is 8.60. The second kappa shape index (κ2) is 6.93. The largest absolute Gasteiger partial charge is 0.373 e. The molecule has 0 atom stereocenters. The van der Waals surface area contributed by atoms with Gasteiger partial charge in [-0.3, -0.25) is 4.79 Å². The van der Waals surface area contributed by atoms with Gasteiger partial charge in [-0.05, 0) is 55.7 Å². The van der Waals surface area contributed by atoms with Crippen LogP contribution in [0.5, 0.6) is 0 Å².